The van der Waals surface area contributed by atoms with Crippen molar-refractivity contribution in [1.29, 1.82) is 21.0 Å². The van der Waals surface area contributed by atoms with Crippen LogP contribution in [0.4, 0.5) is 0 Å². The Labute approximate surface area is 196 Å². The summed E-state index contributed by atoms with van der Waals surface area (Å²) in [5, 5.41) is 59.3. The number of isothiocyanates is 3. The Balaban J connectivity index is -0.0000000172. The van der Waals surface area contributed by atoms with Gasteiger partial charge in [-0.05, 0) is 0 Å². The van der Waals surface area contributed by atoms with E-state index in [1.54, 1.807) is 0 Å². The van der Waals surface area contributed by atoms with Crippen LogP contribution >= 0.6 is 36.7 Å². The summed E-state index contributed by atoms with van der Waals surface area (Å²) >= 11 is 25.9. The van der Waals surface area contributed by atoms with Gasteiger partial charge < -0.3 is 66.7 Å². The van der Waals surface area contributed by atoms with E-state index in [0.717, 1.165) is 0 Å². The SMILES string of the molecule is N#C[S-].N#C[S-].N#C[S-].N#C[S-].[Er].[N-]=C=S.[N-]=C=S.[N-]=C=S. The molecular weight excluding hydrogens is 574 g/mol. The molecule has 0 radical (unpaired) electrons. The second kappa shape index (κ2) is 185. The smallest absolute Gasteiger partial charge is 0 e. The first-order valence-corrected chi connectivity index (χ1v) is 5.85. The molecule has 0 aromatic heterocycles. The van der Waals surface area contributed by atoms with Gasteiger partial charge >= 0.3 is 0 Å². The van der Waals surface area contributed by atoms with Crippen molar-refractivity contribution in [3.63, 3.8) is 0 Å². The third-order valence-corrected chi connectivity index (χ3v) is 0. The third-order valence-electron chi connectivity index (χ3n) is 0. The molecule has 0 aromatic rings. The summed E-state index contributed by atoms with van der Waals surface area (Å²) in [6.07, 6.45) is 0. The molecule has 0 aliphatic heterocycles. The molecule has 0 unspecified atom stereocenters. The average molecular weight is 574 g/mol. The molecule has 0 aliphatic rings. The number of hydrogen-bond acceptors (Lipinski definition) is 11. The third kappa shape index (κ3) is 25300. The van der Waals surface area contributed by atoms with Crippen LogP contribution in [0, 0.1) is 80.0 Å². The van der Waals surface area contributed by atoms with Crippen LogP contribution in [0.3, 0.4) is 0 Å². The van der Waals surface area contributed by atoms with Gasteiger partial charge in [-0.3, -0.25) is 0 Å². The molecule has 0 saturated carbocycles. The van der Waals surface area contributed by atoms with Gasteiger partial charge in [-0.1, -0.05) is 58.3 Å². The zero-order valence-electron chi connectivity index (χ0n) is 9.78. The number of rotatable bonds is 0. The zero-order chi connectivity index (χ0) is 18.9. The van der Waals surface area contributed by atoms with Gasteiger partial charge in [0, 0.05) is 37.3 Å². The van der Waals surface area contributed by atoms with E-state index in [1.165, 1.54) is 37.1 Å². The molecule has 0 saturated heterocycles. The van der Waals surface area contributed by atoms with E-state index in [0.29, 0.717) is 0 Å². The van der Waals surface area contributed by atoms with Gasteiger partial charge in [0.25, 0.3) is 0 Å². The first-order valence-electron chi connectivity index (χ1n) is 2.99. The van der Waals surface area contributed by atoms with Crippen molar-refractivity contribution >= 4 is 103 Å². The molecule has 0 N–H and O–H groups in total. The number of hydrogen-bond donors (Lipinski definition) is 0. The summed E-state index contributed by atoms with van der Waals surface area (Å²) in [7, 11) is 0. The monoisotopic (exact) mass is 572 g/mol. The van der Waals surface area contributed by atoms with Crippen molar-refractivity contribution in [1.82, 2.24) is 0 Å². The Hall–Kier alpha value is -0.513. The molecule has 0 amide bonds. The summed E-state index contributed by atoms with van der Waals surface area (Å²) in [5.41, 5.74) is 0. The number of thiocyanates is 4. The fourth-order valence-corrected chi connectivity index (χ4v) is 0. The molecule has 0 bridgehead atoms. The van der Waals surface area contributed by atoms with Crippen LogP contribution in [0.25, 0.3) is 16.2 Å². The summed E-state index contributed by atoms with van der Waals surface area (Å²) in [5.74, 6) is 0. The number of nitriles is 4. The van der Waals surface area contributed by atoms with Crippen LogP contribution in [0.2, 0.25) is 0 Å². The van der Waals surface area contributed by atoms with E-state index < -0.39 is 0 Å². The molecular formula is C7ErN7S7-7. The molecule has 0 aromatic carbocycles. The topological polar surface area (TPSA) is 162 Å². The molecule has 124 valence electrons. The Bertz CT molecular complexity index is 348. The second-order valence-corrected chi connectivity index (χ2v) is 1.92. The fraction of sp³-hybridized carbons (Fsp3) is 0. The van der Waals surface area contributed by atoms with E-state index >= 15 is 0 Å². The molecule has 0 rings (SSSR count). The largest absolute Gasteiger partial charge is 0.753 e. The molecule has 0 aliphatic carbocycles. The van der Waals surface area contributed by atoms with Gasteiger partial charge in [0.2, 0.25) is 0 Å². The standard InChI is InChI=1S/4CHNS.3CNS.Er/c7*2-1-3;/h4*3H;;;;/q;;;;3*-1;/p-4. The van der Waals surface area contributed by atoms with E-state index in [4.69, 9.17) is 37.3 Å². The Morgan fingerprint density at radius 3 is 0.545 bits per heavy atom. The predicted octanol–water partition coefficient (Wildman–Crippen LogP) is 2.03. The quantitative estimate of drug-likeness (QED) is 0.180. The Morgan fingerprint density at radius 2 is 0.545 bits per heavy atom. The van der Waals surface area contributed by atoms with Crippen LogP contribution in [0.1, 0.15) is 0 Å². The molecule has 7 nitrogen and oxygen atoms in total. The van der Waals surface area contributed by atoms with Crippen molar-refractivity contribution < 1.29 is 37.3 Å². The molecule has 0 heterocycles. The Kier molecular flexibility index (Phi) is 417. The molecule has 0 atom stereocenters. The molecule has 22 heavy (non-hydrogen) atoms. The van der Waals surface area contributed by atoms with Gasteiger partial charge in [0.15, 0.2) is 0 Å². The maximum atomic E-state index is 7.13. The minimum atomic E-state index is 0. The summed E-state index contributed by atoms with van der Waals surface area (Å²) in [4.78, 5) is 0. The zero-order valence-corrected chi connectivity index (χ0v) is 17.3. The van der Waals surface area contributed by atoms with Gasteiger partial charge in [-0.2, -0.15) is 15.5 Å². The van der Waals surface area contributed by atoms with Crippen LogP contribution in [0.5, 0.6) is 0 Å². The van der Waals surface area contributed by atoms with E-state index in [-0.39, 0.29) is 37.3 Å². The first kappa shape index (κ1) is 49.6. The van der Waals surface area contributed by atoms with Gasteiger partial charge in [0.1, 0.15) is 0 Å². The maximum absolute atomic E-state index is 7.13. The second-order valence-electron chi connectivity index (χ2n) is 0.639. The molecule has 0 fully saturated rings. The van der Waals surface area contributed by atoms with E-state index in [9.17, 15) is 0 Å². The van der Waals surface area contributed by atoms with Crippen molar-refractivity contribution in [3.8, 4) is 21.6 Å². The average Bonchev–Trinajstić information content (AvgIpc) is 2.35. The van der Waals surface area contributed by atoms with Crippen LogP contribution in [-0.4, -0.2) is 15.5 Å². The fourth-order valence-electron chi connectivity index (χ4n) is 0. The van der Waals surface area contributed by atoms with Gasteiger partial charge in [0.05, 0.1) is 0 Å². The minimum absolute atomic E-state index is 0. The minimum Gasteiger partial charge on any atom is -0.753 e. The van der Waals surface area contributed by atoms with Crippen molar-refractivity contribution in [2.75, 3.05) is 0 Å². The predicted molar refractivity (Wildman–Crippen MR) is 99.8 cm³/mol. The van der Waals surface area contributed by atoms with E-state index in [1.807, 2.05) is 0 Å². The van der Waals surface area contributed by atoms with Crippen LogP contribution < -0.4 is 0 Å². The van der Waals surface area contributed by atoms with E-state index in [2.05, 4.69) is 87.2 Å². The number of thiocarbonyl (C=S) groups is 3. The van der Waals surface area contributed by atoms with Crippen molar-refractivity contribution in [2.45, 2.75) is 0 Å². The molecule has 15 heteroatoms. The van der Waals surface area contributed by atoms with Crippen LogP contribution in [-0.2, 0) is 50.5 Å². The van der Waals surface area contributed by atoms with Crippen molar-refractivity contribution in [3.05, 3.63) is 16.2 Å². The maximum Gasteiger partial charge on any atom is 0 e. The van der Waals surface area contributed by atoms with Crippen molar-refractivity contribution in [2.24, 2.45) is 0 Å². The van der Waals surface area contributed by atoms with Crippen LogP contribution in [0.15, 0.2) is 0 Å². The Morgan fingerprint density at radius 1 is 0.545 bits per heavy atom. The normalized spacial score (nSPS) is 2.36. The summed E-state index contributed by atoms with van der Waals surface area (Å²) in [6.45, 7) is 0. The first-order chi connectivity index (χ1) is 9.90. The summed E-state index contributed by atoms with van der Waals surface area (Å²) in [6, 6.07) is 0. The summed E-state index contributed by atoms with van der Waals surface area (Å²) < 4.78 is 0. The number of nitrogens with zero attached hydrogens (tertiary/aromatic N) is 7. The van der Waals surface area contributed by atoms with Gasteiger partial charge in [-0.15, -0.1) is 0 Å². The molecule has 0 spiro atoms. The van der Waals surface area contributed by atoms with Gasteiger partial charge in [-0.25, -0.2) is 21.0 Å².